The minimum absolute atomic E-state index is 0.00738. The molecule has 0 radical (unpaired) electrons. The average molecular weight is 207 g/mol. The van der Waals surface area contributed by atoms with E-state index in [0.717, 1.165) is 5.25 Å². The standard InChI is InChI=1S/C11H13NOS/c12-7-11(13)8-1-3-9(4-2-8)14-10-5-6-10/h1-4,10H,5-7,12H2. The van der Waals surface area contributed by atoms with Crippen LogP contribution in [0.1, 0.15) is 23.2 Å². The van der Waals surface area contributed by atoms with E-state index < -0.39 is 0 Å². The van der Waals surface area contributed by atoms with Crippen molar-refractivity contribution in [3.63, 3.8) is 0 Å². The molecule has 0 amide bonds. The number of hydrogen-bond donors (Lipinski definition) is 1. The zero-order valence-corrected chi connectivity index (χ0v) is 8.72. The van der Waals surface area contributed by atoms with Gasteiger partial charge >= 0.3 is 0 Å². The first-order chi connectivity index (χ1) is 6.79. The Morgan fingerprint density at radius 3 is 2.50 bits per heavy atom. The Balaban J connectivity index is 2.04. The van der Waals surface area contributed by atoms with Gasteiger partial charge in [0.2, 0.25) is 0 Å². The fourth-order valence-corrected chi connectivity index (χ4v) is 2.27. The number of rotatable bonds is 4. The molecule has 1 aromatic rings. The van der Waals surface area contributed by atoms with Crippen molar-refractivity contribution in [1.29, 1.82) is 0 Å². The molecule has 0 atom stereocenters. The second-order valence-electron chi connectivity index (χ2n) is 3.47. The minimum atomic E-state index is 0.00738. The maximum Gasteiger partial charge on any atom is 0.176 e. The third-order valence-electron chi connectivity index (χ3n) is 2.19. The van der Waals surface area contributed by atoms with Gasteiger partial charge in [0.05, 0.1) is 6.54 Å². The normalized spacial score (nSPS) is 15.5. The highest BCUT2D eigenvalue weighted by Crippen LogP contribution is 2.38. The van der Waals surface area contributed by atoms with Crippen LogP contribution in [0.15, 0.2) is 29.2 Å². The first-order valence-corrected chi connectivity index (χ1v) is 5.67. The molecule has 1 aliphatic rings. The number of carbonyl (C=O) groups is 1. The summed E-state index contributed by atoms with van der Waals surface area (Å²) < 4.78 is 0. The number of ketones is 1. The van der Waals surface area contributed by atoms with Gasteiger partial charge in [-0.25, -0.2) is 0 Å². The largest absolute Gasteiger partial charge is 0.324 e. The molecule has 2 nitrogen and oxygen atoms in total. The van der Waals surface area contributed by atoms with Crippen molar-refractivity contribution >= 4 is 17.5 Å². The highest BCUT2D eigenvalue weighted by atomic mass is 32.2. The number of Topliss-reactive ketones (excluding diaryl/α,β-unsaturated/α-hetero) is 1. The van der Waals surface area contributed by atoms with Gasteiger partial charge in [-0.3, -0.25) is 4.79 Å². The number of hydrogen-bond acceptors (Lipinski definition) is 3. The zero-order chi connectivity index (χ0) is 9.97. The van der Waals surface area contributed by atoms with E-state index in [1.165, 1.54) is 17.7 Å². The second-order valence-corrected chi connectivity index (χ2v) is 4.84. The monoisotopic (exact) mass is 207 g/mol. The SMILES string of the molecule is NCC(=O)c1ccc(SC2CC2)cc1. The summed E-state index contributed by atoms with van der Waals surface area (Å²) in [5.41, 5.74) is 5.99. The number of nitrogens with two attached hydrogens (primary N) is 1. The number of benzene rings is 1. The van der Waals surface area contributed by atoms with Gasteiger partial charge in [0.25, 0.3) is 0 Å². The van der Waals surface area contributed by atoms with Crippen LogP contribution < -0.4 is 5.73 Å². The van der Waals surface area contributed by atoms with E-state index in [9.17, 15) is 4.79 Å². The van der Waals surface area contributed by atoms with E-state index in [1.54, 1.807) is 0 Å². The predicted octanol–water partition coefficient (Wildman–Crippen LogP) is 2.08. The fourth-order valence-electron chi connectivity index (χ4n) is 1.22. The molecule has 0 aromatic heterocycles. The maximum atomic E-state index is 11.2. The lowest BCUT2D eigenvalue weighted by Gasteiger charge is -2.01. The molecule has 74 valence electrons. The molecule has 0 saturated heterocycles. The summed E-state index contributed by atoms with van der Waals surface area (Å²) >= 11 is 1.90. The van der Waals surface area contributed by atoms with E-state index in [0.29, 0.717) is 5.56 Å². The Morgan fingerprint density at radius 1 is 1.36 bits per heavy atom. The summed E-state index contributed by atoms with van der Waals surface area (Å²) in [4.78, 5) is 12.5. The summed E-state index contributed by atoms with van der Waals surface area (Å²) in [5.74, 6) is 0.00738. The van der Waals surface area contributed by atoms with Crippen molar-refractivity contribution in [3.05, 3.63) is 29.8 Å². The first-order valence-electron chi connectivity index (χ1n) is 4.79. The van der Waals surface area contributed by atoms with Crippen molar-refractivity contribution in [1.82, 2.24) is 0 Å². The molecule has 0 spiro atoms. The molecular formula is C11H13NOS. The van der Waals surface area contributed by atoms with Crippen LogP contribution in [0.25, 0.3) is 0 Å². The van der Waals surface area contributed by atoms with E-state index in [2.05, 4.69) is 0 Å². The highest BCUT2D eigenvalue weighted by molar-refractivity contribution is 8.00. The summed E-state index contributed by atoms with van der Waals surface area (Å²) in [5, 5.41) is 0.811. The highest BCUT2D eigenvalue weighted by Gasteiger charge is 2.22. The first kappa shape index (κ1) is 9.74. The maximum absolute atomic E-state index is 11.2. The van der Waals surface area contributed by atoms with Crippen molar-refractivity contribution in [2.45, 2.75) is 23.0 Å². The van der Waals surface area contributed by atoms with Gasteiger partial charge in [0, 0.05) is 15.7 Å². The smallest absolute Gasteiger partial charge is 0.176 e. The lowest BCUT2D eigenvalue weighted by atomic mass is 10.1. The van der Waals surface area contributed by atoms with Crippen LogP contribution in [0, 0.1) is 0 Å². The molecule has 14 heavy (non-hydrogen) atoms. The van der Waals surface area contributed by atoms with Gasteiger partial charge in [0.1, 0.15) is 0 Å². The molecule has 1 fully saturated rings. The van der Waals surface area contributed by atoms with Gasteiger partial charge in [-0.1, -0.05) is 12.1 Å². The summed E-state index contributed by atoms with van der Waals surface area (Å²) in [6, 6.07) is 7.73. The minimum Gasteiger partial charge on any atom is -0.324 e. The molecular weight excluding hydrogens is 194 g/mol. The molecule has 1 saturated carbocycles. The molecule has 1 aromatic carbocycles. The second kappa shape index (κ2) is 4.15. The number of thioether (sulfide) groups is 1. The Morgan fingerprint density at radius 2 is 2.00 bits per heavy atom. The van der Waals surface area contributed by atoms with Crippen molar-refractivity contribution in [3.8, 4) is 0 Å². The van der Waals surface area contributed by atoms with Gasteiger partial charge in [-0.05, 0) is 25.0 Å². The Bertz CT molecular complexity index is 330. The van der Waals surface area contributed by atoms with Crippen LogP contribution >= 0.6 is 11.8 Å². The van der Waals surface area contributed by atoms with Gasteiger partial charge in [-0.15, -0.1) is 11.8 Å². The Hall–Kier alpha value is -0.800. The lowest BCUT2D eigenvalue weighted by molar-refractivity contribution is 0.100. The molecule has 2 N–H and O–H groups in total. The third kappa shape index (κ3) is 2.36. The van der Waals surface area contributed by atoms with Crippen LogP contribution in [0.4, 0.5) is 0 Å². The van der Waals surface area contributed by atoms with Gasteiger partial charge in [-0.2, -0.15) is 0 Å². The summed E-state index contributed by atoms with van der Waals surface area (Å²) in [6.07, 6.45) is 2.66. The summed E-state index contributed by atoms with van der Waals surface area (Å²) in [6.45, 7) is 0.0924. The van der Waals surface area contributed by atoms with E-state index in [1.807, 2.05) is 36.0 Å². The molecule has 3 heteroatoms. The number of carbonyl (C=O) groups excluding carboxylic acids is 1. The third-order valence-corrected chi connectivity index (χ3v) is 3.54. The molecule has 0 unspecified atom stereocenters. The molecule has 0 bridgehead atoms. The predicted molar refractivity (Wildman–Crippen MR) is 58.7 cm³/mol. The van der Waals surface area contributed by atoms with Gasteiger partial charge in [0.15, 0.2) is 5.78 Å². The van der Waals surface area contributed by atoms with E-state index in [4.69, 9.17) is 5.73 Å². The quantitative estimate of drug-likeness (QED) is 0.769. The molecule has 1 aliphatic carbocycles. The van der Waals surface area contributed by atoms with E-state index in [-0.39, 0.29) is 12.3 Å². The van der Waals surface area contributed by atoms with Crippen LogP contribution in [0.5, 0.6) is 0 Å². The zero-order valence-electron chi connectivity index (χ0n) is 7.90. The Kier molecular flexibility index (Phi) is 2.89. The van der Waals surface area contributed by atoms with Crippen LogP contribution in [0.2, 0.25) is 0 Å². The van der Waals surface area contributed by atoms with Gasteiger partial charge < -0.3 is 5.73 Å². The topological polar surface area (TPSA) is 43.1 Å². The van der Waals surface area contributed by atoms with E-state index >= 15 is 0 Å². The fraction of sp³-hybridized carbons (Fsp3) is 0.364. The van der Waals surface area contributed by atoms with Crippen LogP contribution in [0.3, 0.4) is 0 Å². The molecule has 0 aliphatic heterocycles. The lowest BCUT2D eigenvalue weighted by Crippen LogP contribution is -2.13. The Labute approximate surface area is 87.9 Å². The van der Waals surface area contributed by atoms with Crippen LogP contribution in [-0.2, 0) is 0 Å². The van der Waals surface area contributed by atoms with Crippen molar-refractivity contribution < 1.29 is 4.79 Å². The molecule has 0 heterocycles. The molecule has 2 rings (SSSR count). The summed E-state index contributed by atoms with van der Waals surface area (Å²) in [7, 11) is 0. The van der Waals surface area contributed by atoms with Crippen LogP contribution in [-0.4, -0.2) is 17.6 Å². The van der Waals surface area contributed by atoms with Crippen molar-refractivity contribution in [2.24, 2.45) is 5.73 Å². The van der Waals surface area contributed by atoms with Crippen molar-refractivity contribution in [2.75, 3.05) is 6.54 Å². The average Bonchev–Trinajstić information content (AvgIpc) is 3.02.